The van der Waals surface area contributed by atoms with Gasteiger partial charge in [-0.2, -0.15) is 8.42 Å². The lowest BCUT2D eigenvalue weighted by Crippen LogP contribution is -2.40. The van der Waals surface area contributed by atoms with E-state index in [2.05, 4.69) is 15.9 Å². The molecule has 2 aliphatic rings. The van der Waals surface area contributed by atoms with Crippen LogP contribution in [-0.2, 0) is 19.7 Å². The number of hydrogen-bond acceptors (Lipinski definition) is 7. The molecule has 2 aromatic rings. The summed E-state index contributed by atoms with van der Waals surface area (Å²) in [7, 11) is -4.11. The van der Waals surface area contributed by atoms with Crippen molar-refractivity contribution in [1.82, 2.24) is 9.80 Å². The first-order valence-corrected chi connectivity index (χ1v) is 13.1. The third-order valence-corrected chi connectivity index (χ3v) is 7.76. The second-order valence-electron chi connectivity index (χ2n) is 7.39. The molecule has 0 aliphatic carbocycles. The van der Waals surface area contributed by atoms with Crippen molar-refractivity contribution in [2.45, 2.75) is 17.7 Å². The number of carbonyl (C=O) groups is 3. The van der Waals surface area contributed by atoms with Crippen molar-refractivity contribution in [3.63, 3.8) is 0 Å². The molecule has 0 radical (unpaired) electrons. The Balaban J connectivity index is 1.58. The summed E-state index contributed by atoms with van der Waals surface area (Å²) in [4.78, 5) is 40.3. The van der Waals surface area contributed by atoms with Gasteiger partial charge in [0.2, 0.25) is 5.91 Å². The van der Waals surface area contributed by atoms with Gasteiger partial charge in [-0.3, -0.25) is 19.3 Å². The number of carbonyl (C=O) groups excluding carboxylic acids is 3. The van der Waals surface area contributed by atoms with Gasteiger partial charge in [0.15, 0.2) is 0 Å². The molecule has 0 atom stereocenters. The van der Waals surface area contributed by atoms with Crippen molar-refractivity contribution in [3.8, 4) is 5.75 Å². The number of imide groups is 1. The highest BCUT2D eigenvalue weighted by molar-refractivity contribution is 9.10. The minimum Gasteiger partial charge on any atom is -0.378 e. The largest absolute Gasteiger partial charge is 0.378 e. The van der Waals surface area contributed by atoms with E-state index in [0.717, 1.165) is 17.7 Å². The fraction of sp³-hybridized carbons (Fsp3) is 0.227. The normalized spacial score (nSPS) is 17.8. The molecule has 2 heterocycles. The first kappa shape index (κ1) is 23.5. The van der Waals surface area contributed by atoms with Gasteiger partial charge < -0.3 is 9.08 Å². The highest BCUT2D eigenvalue weighted by Gasteiger charge is 2.37. The quantitative estimate of drug-likeness (QED) is 0.397. The van der Waals surface area contributed by atoms with Crippen LogP contribution in [0, 0.1) is 0 Å². The lowest BCUT2D eigenvalue weighted by molar-refractivity contribution is -0.135. The van der Waals surface area contributed by atoms with Crippen molar-refractivity contribution in [1.29, 1.82) is 0 Å². The smallest absolute Gasteiger partial charge is 0.339 e. The van der Waals surface area contributed by atoms with Gasteiger partial charge in [-0.05, 0) is 61.0 Å². The van der Waals surface area contributed by atoms with Gasteiger partial charge in [-0.15, -0.1) is 0 Å². The fourth-order valence-electron chi connectivity index (χ4n) is 3.44. The summed E-state index contributed by atoms with van der Waals surface area (Å²) in [6, 6.07) is 12.3. The van der Waals surface area contributed by atoms with Crippen molar-refractivity contribution >= 4 is 60.9 Å². The van der Waals surface area contributed by atoms with E-state index in [4.69, 9.17) is 4.18 Å². The van der Waals surface area contributed by atoms with E-state index in [0.29, 0.717) is 34.9 Å². The molecule has 2 fully saturated rings. The summed E-state index contributed by atoms with van der Waals surface area (Å²) in [6.07, 6.45) is 3.21. The summed E-state index contributed by atoms with van der Waals surface area (Å²) in [5.41, 5.74) is 0.292. The molecule has 0 saturated carbocycles. The van der Waals surface area contributed by atoms with Gasteiger partial charge >= 0.3 is 10.1 Å². The molecule has 0 bridgehead atoms. The molecule has 2 aromatic carbocycles. The van der Waals surface area contributed by atoms with Crippen molar-refractivity contribution in [2.24, 2.45) is 0 Å². The highest BCUT2D eigenvalue weighted by atomic mass is 79.9. The number of amides is 3. The molecule has 0 N–H and O–H groups in total. The number of hydrogen-bond donors (Lipinski definition) is 0. The van der Waals surface area contributed by atoms with Crippen LogP contribution in [0.3, 0.4) is 0 Å². The zero-order valence-corrected chi connectivity index (χ0v) is 20.5. The Morgan fingerprint density at radius 2 is 1.79 bits per heavy atom. The number of benzene rings is 2. The number of nitrogens with zero attached hydrogens (tertiary/aromatic N) is 2. The first-order chi connectivity index (χ1) is 15.7. The first-order valence-electron chi connectivity index (χ1n) is 10.1. The van der Waals surface area contributed by atoms with Crippen molar-refractivity contribution < 1.29 is 27.0 Å². The number of thioether (sulfide) groups is 1. The molecule has 8 nitrogen and oxygen atoms in total. The standard InChI is InChI=1S/C22H19BrN2O6S2/c23-16-8-9-18(31-33(29,30)17-6-2-1-3-7-17)15(12-16)13-19-21(27)25(22(28)32-19)14-20(26)24-10-4-5-11-24/h1-3,6-9,12-13H,4-5,10-11,14H2/b19-13-. The van der Waals surface area contributed by atoms with Crippen LogP contribution in [0.25, 0.3) is 6.08 Å². The summed E-state index contributed by atoms with van der Waals surface area (Å²) in [5.74, 6) is -0.868. The van der Waals surface area contributed by atoms with E-state index in [9.17, 15) is 22.8 Å². The van der Waals surface area contributed by atoms with Crippen molar-refractivity contribution in [3.05, 3.63) is 63.5 Å². The van der Waals surface area contributed by atoms with Crippen LogP contribution < -0.4 is 4.18 Å². The van der Waals surface area contributed by atoms with Gasteiger partial charge in [0.1, 0.15) is 17.2 Å². The average molecular weight is 551 g/mol. The van der Waals surface area contributed by atoms with Crippen LogP contribution in [0.15, 0.2) is 62.8 Å². The second-order valence-corrected chi connectivity index (χ2v) is 10.8. The van der Waals surface area contributed by atoms with E-state index >= 15 is 0 Å². The third kappa shape index (κ3) is 5.31. The van der Waals surface area contributed by atoms with Crippen LogP contribution in [0.4, 0.5) is 4.79 Å². The predicted octanol–water partition coefficient (Wildman–Crippen LogP) is 3.88. The van der Waals surface area contributed by atoms with E-state index in [-0.39, 0.29) is 28.0 Å². The fourth-order valence-corrected chi connectivity index (χ4v) is 5.62. The maximum Gasteiger partial charge on any atom is 0.339 e. The molecule has 33 heavy (non-hydrogen) atoms. The van der Waals surface area contributed by atoms with Gasteiger partial charge in [0.05, 0.1) is 4.91 Å². The van der Waals surface area contributed by atoms with Crippen LogP contribution in [-0.4, -0.2) is 54.9 Å². The minimum absolute atomic E-state index is 0.00185. The minimum atomic E-state index is -4.11. The molecule has 2 aliphatic heterocycles. The van der Waals surface area contributed by atoms with Gasteiger partial charge in [0, 0.05) is 23.1 Å². The van der Waals surface area contributed by atoms with Crippen LogP contribution in [0.5, 0.6) is 5.75 Å². The lowest BCUT2D eigenvalue weighted by Gasteiger charge is -2.18. The van der Waals surface area contributed by atoms with E-state index in [1.807, 2.05) is 0 Å². The molecular weight excluding hydrogens is 532 g/mol. The molecule has 3 amide bonds. The summed E-state index contributed by atoms with van der Waals surface area (Å²) >= 11 is 4.02. The number of rotatable bonds is 6. The SMILES string of the molecule is O=C(CN1C(=O)S/C(=C\c2cc(Br)ccc2OS(=O)(=O)c2ccccc2)C1=O)N1CCCC1. The Hall–Kier alpha value is -2.63. The second kappa shape index (κ2) is 9.70. The van der Waals surface area contributed by atoms with E-state index < -0.39 is 21.3 Å². The van der Waals surface area contributed by atoms with Crippen LogP contribution >= 0.6 is 27.7 Å². The Labute approximate surface area is 203 Å². The Morgan fingerprint density at radius 3 is 2.48 bits per heavy atom. The van der Waals surface area contributed by atoms with Gasteiger partial charge in [-0.25, -0.2) is 0 Å². The molecule has 0 spiro atoms. The summed E-state index contributed by atoms with van der Waals surface area (Å²) < 4.78 is 31.3. The molecular formula is C22H19BrN2O6S2. The van der Waals surface area contributed by atoms with Crippen LogP contribution in [0.2, 0.25) is 0 Å². The zero-order chi connectivity index (χ0) is 23.6. The predicted molar refractivity (Wildman–Crippen MR) is 127 cm³/mol. The average Bonchev–Trinajstić information content (AvgIpc) is 3.41. The zero-order valence-electron chi connectivity index (χ0n) is 17.3. The number of likely N-dealkylation sites (tertiary alicyclic amines) is 1. The van der Waals surface area contributed by atoms with Gasteiger partial charge in [0.25, 0.3) is 11.1 Å². The third-order valence-electron chi connectivity index (χ3n) is 5.12. The van der Waals surface area contributed by atoms with Gasteiger partial charge in [-0.1, -0.05) is 34.1 Å². The van der Waals surface area contributed by atoms with Crippen molar-refractivity contribution in [2.75, 3.05) is 19.6 Å². The topological polar surface area (TPSA) is 101 Å². The Kier molecular flexibility index (Phi) is 6.91. The Morgan fingerprint density at radius 1 is 1.09 bits per heavy atom. The maximum absolute atomic E-state index is 12.8. The molecule has 2 saturated heterocycles. The highest BCUT2D eigenvalue weighted by Crippen LogP contribution is 2.35. The van der Waals surface area contributed by atoms with Crippen LogP contribution in [0.1, 0.15) is 18.4 Å². The van der Waals surface area contributed by atoms with E-state index in [1.165, 1.54) is 24.3 Å². The molecule has 11 heteroatoms. The summed E-state index contributed by atoms with van der Waals surface area (Å²) in [6.45, 7) is 0.936. The molecule has 4 rings (SSSR count). The summed E-state index contributed by atoms with van der Waals surface area (Å²) in [5, 5.41) is -0.548. The lowest BCUT2D eigenvalue weighted by atomic mass is 10.2. The maximum atomic E-state index is 12.8. The number of halogens is 1. The Bertz CT molecular complexity index is 1240. The molecule has 172 valence electrons. The molecule has 0 aromatic heterocycles. The monoisotopic (exact) mass is 550 g/mol. The van der Waals surface area contributed by atoms with E-state index in [1.54, 1.807) is 35.2 Å². The molecule has 0 unspecified atom stereocenters.